The molecule has 23 heavy (non-hydrogen) atoms. The van der Waals surface area contributed by atoms with Gasteiger partial charge in [0.05, 0.1) is 17.6 Å². The second-order valence-corrected chi connectivity index (χ2v) is 6.06. The van der Waals surface area contributed by atoms with Crippen LogP contribution in [0.2, 0.25) is 0 Å². The van der Waals surface area contributed by atoms with Crippen LogP contribution in [0.25, 0.3) is 5.69 Å². The summed E-state index contributed by atoms with van der Waals surface area (Å²) in [5.74, 6) is 0.582. The lowest BCUT2D eigenvalue weighted by Gasteiger charge is -2.14. The highest BCUT2D eigenvalue weighted by molar-refractivity contribution is 5.43. The molecule has 3 aromatic rings. The zero-order chi connectivity index (χ0) is 16.2. The topological polar surface area (TPSA) is 73.5 Å². The number of anilines is 1. The van der Waals surface area contributed by atoms with Crippen molar-refractivity contribution < 1.29 is 0 Å². The SMILES string of the molecule is CC(C)Cn1cc(NC(C)c2ccc(-n3cnnn3)cc2)cn1. The van der Waals surface area contributed by atoms with Crippen LogP contribution in [-0.2, 0) is 6.54 Å². The van der Waals surface area contributed by atoms with Crippen LogP contribution in [0.4, 0.5) is 5.69 Å². The maximum atomic E-state index is 4.38. The Morgan fingerprint density at radius 3 is 2.57 bits per heavy atom. The molecule has 0 fully saturated rings. The first-order chi connectivity index (χ1) is 11.1. The second kappa shape index (κ2) is 6.60. The summed E-state index contributed by atoms with van der Waals surface area (Å²) in [6.07, 6.45) is 5.50. The maximum absolute atomic E-state index is 4.38. The number of aromatic nitrogens is 6. The van der Waals surface area contributed by atoms with E-state index in [1.54, 1.807) is 11.0 Å². The van der Waals surface area contributed by atoms with E-state index in [1.165, 1.54) is 5.56 Å². The van der Waals surface area contributed by atoms with Crippen molar-refractivity contribution in [2.45, 2.75) is 33.4 Å². The summed E-state index contributed by atoms with van der Waals surface area (Å²) in [6, 6.07) is 8.35. The molecule has 7 nitrogen and oxygen atoms in total. The normalized spacial score (nSPS) is 12.5. The van der Waals surface area contributed by atoms with Crippen molar-refractivity contribution in [2.24, 2.45) is 5.92 Å². The largest absolute Gasteiger partial charge is 0.376 e. The highest BCUT2D eigenvalue weighted by atomic mass is 15.5. The van der Waals surface area contributed by atoms with Crippen LogP contribution in [-0.4, -0.2) is 30.0 Å². The van der Waals surface area contributed by atoms with Gasteiger partial charge in [-0.05, 0) is 41.0 Å². The average molecular weight is 311 g/mol. The molecule has 1 N–H and O–H groups in total. The van der Waals surface area contributed by atoms with Crippen molar-refractivity contribution in [3.8, 4) is 5.69 Å². The summed E-state index contributed by atoms with van der Waals surface area (Å²) < 4.78 is 3.61. The van der Waals surface area contributed by atoms with E-state index in [9.17, 15) is 0 Å². The molecular formula is C16H21N7. The third kappa shape index (κ3) is 3.74. The molecule has 0 aliphatic heterocycles. The van der Waals surface area contributed by atoms with Crippen LogP contribution < -0.4 is 5.32 Å². The summed E-state index contributed by atoms with van der Waals surface area (Å²) in [4.78, 5) is 0. The number of nitrogens with one attached hydrogen (secondary N) is 1. The van der Waals surface area contributed by atoms with E-state index in [0.29, 0.717) is 5.92 Å². The Bertz CT molecular complexity index is 728. The van der Waals surface area contributed by atoms with Crippen molar-refractivity contribution in [1.82, 2.24) is 30.0 Å². The lowest BCUT2D eigenvalue weighted by atomic mass is 10.1. The van der Waals surface area contributed by atoms with E-state index in [-0.39, 0.29) is 6.04 Å². The quantitative estimate of drug-likeness (QED) is 0.757. The third-order valence-electron chi connectivity index (χ3n) is 3.58. The number of rotatable bonds is 6. The zero-order valence-electron chi connectivity index (χ0n) is 13.6. The van der Waals surface area contributed by atoms with Gasteiger partial charge >= 0.3 is 0 Å². The lowest BCUT2D eigenvalue weighted by molar-refractivity contribution is 0.483. The van der Waals surface area contributed by atoms with Gasteiger partial charge in [-0.15, -0.1) is 5.10 Å². The van der Waals surface area contributed by atoms with Crippen LogP contribution in [0.3, 0.4) is 0 Å². The summed E-state index contributed by atoms with van der Waals surface area (Å²) in [5, 5.41) is 19.0. The summed E-state index contributed by atoms with van der Waals surface area (Å²) >= 11 is 0. The standard InChI is InChI=1S/C16H21N7/c1-12(2)9-22-10-15(8-18-22)19-13(3)14-4-6-16(7-5-14)23-11-17-20-21-23/h4-8,10-13,19H,9H2,1-3H3. The minimum Gasteiger partial charge on any atom is -0.376 e. The Morgan fingerprint density at radius 2 is 1.91 bits per heavy atom. The van der Waals surface area contributed by atoms with Gasteiger partial charge < -0.3 is 5.32 Å². The fourth-order valence-corrected chi connectivity index (χ4v) is 2.44. The fourth-order valence-electron chi connectivity index (χ4n) is 2.44. The highest BCUT2D eigenvalue weighted by Gasteiger charge is 2.08. The Hall–Kier alpha value is -2.70. The number of nitrogens with zero attached hydrogens (tertiary/aromatic N) is 6. The van der Waals surface area contributed by atoms with E-state index < -0.39 is 0 Å². The molecule has 0 aliphatic rings. The minimum atomic E-state index is 0.189. The van der Waals surface area contributed by atoms with Gasteiger partial charge in [0, 0.05) is 18.8 Å². The fraction of sp³-hybridized carbons (Fsp3) is 0.375. The van der Waals surface area contributed by atoms with E-state index in [0.717, 1.165) is 17.9 Å². The van der Waals surface area contributed by atoms with Crippen molar-refractivity contribution in [3.05, 3.63) is 48.5 Å². The molecular weight excluding hydrogens is 290 g/mol. The van der Waals surface area contributed by atoms with Crippen LogP contribution in [0.5, 0.6) is 0 Å². The molecule has 0 spiro atoms. The van der Waals surface area contributed by atoms with Crippen molar-refractivity contribution in [3.63, 3.8) is 0 Å². The second-order valence-electron chi connectivity index (χ2n) is 6.06. The van der Waals surface area contributed by atoms with Gasteiger partial charge in [-0.25, -0.2) is 4.68 Å². The molecule has 7 heteroatoms. The van der Waals surface area contributed by atoms with Crippen molar-refractivity contribution in [1.29, 1.82) is 0 Å². The molecule has 0 saturated carbocycles. The first-order valence-corrected chi connectivity index (χ1v) is 7.74. The molecule has 1 unspecified atom stereocenters. The molecule has 0 radical (unpaired) electrons. The third-order valence-corrected chi connectivity index (χ3v) is 3.58. The van der Waals surface area contributed by atoms with Crippen LogP contribution in [0, 0.1) is 5.92 Å². The minimum absolute atomic E-state index is 0.189. The molecule has 0 saturated heterocycles. The van der Waals surface area contributed by atoms with Crippen molar-refractivity contribution >= 4 is 5.69 Å². The predicted molar refractivity (Wildman–Crippen MR) is 88.3 cm³/mol. The Labute approximate surface area is 135 Å². The zero-order valence-corrected chi connectivity index (χ0v) is 13.6. The van der Waals surface area contributed by atoms with Gasteiger partial charge in [-0.1, -0.05) is 26.0 Å². The molecule has 120 valence electrons. The van der Waals surface area contributed by atoms with Gasteiger partial charge in [0.1, 0.15) is 6.33 Å². The Balaban J connectivity index is 1.66. The first-order valence-electron chi connectivity index (χ1n) is 7.74. The predicted octanol–water partition coefficient (Wildman–Crippen LogP) is 2.69. The molecule has 1 aromatic carbocycles. The highest BCUT2D eigenvalue weighted by Crippen LogP contribution is 2.20. The van der Waals surface area contributed by atoms with Gasteiger partial charge in [0.25, 0.3) is 0 Å². The summed E-state index contributed by atoms with van der Waals surface area (Å²) in [5.41, 5.74) is 3.16. The smallest absolute Gasteiger partial charge is 0.143 e. The van der Waals surface area contributed by atoms with Gasteiger partial charge in [-0.2, -0.15) is 5.10 Å². The molecule has 2 aromatic heterocycles. The molecule has 3 rings (SSSR count). The number of tetrazole rings is 1. The van der Waals surface area contributed by atoms with Crippen molar-refractivity contribution in [2.75, 3.05) is 5.32 Å². The molecule has 2 heterocycles. The number of benzene rings is 1. The summed E-state index contributed by atoms with van der Waals surface area (Å²) in [6.45, 7) is 7.43. The molecule has 0 amide bonds. The lowest BCUT2D eigenvalue weighted by Crippen LogP contribution is -2.07. The molecule has 0 bridgehead atoms. The van der Waals surface area contributed by atoms with Crippen LogP contribution >= 0.6 is 0 Å². The van der Waals surface area contributed by atoms with Gasteiger partial charge in [0.2, 0.25) is 0 Å². The maximum Gasteiger partial charge on any atom is 0.143 e. The Kier molecular flexibility index (Phi) is 4.36. The Morgan fingerprint density at radius 1 is 1.13 bits per heavy atom. The van der Waals surface area contributed by atoms with Gasteiger partial charge in [-0.3, -0.25) is 4.68 Å². The van der Waals surface area contributed by atoms with E-state index in [2.05, 4.69) is 58.8 Å². The van der Waals surface area contributed by atoms with Crippen LogP contribution in [0.1, 0.15) is 32.4 Å². The number of hydrogen-bond acceptors (Lipinski definition) is 5. The molecule has 0 aliphatic carbocycles. The molecule has 1 atom stereocenters. The number of hydrogen-bond donors (Lipinski definition) is 1. The monoisotopic (exact) mass is 311 g/mol. The van der Waals surface area contributed by atoms with E-state index in [1.807, 2.05) is 29.2 Å². The van der Waals surface area contributed by atoms with Gasteiger partial charge in [0.15, 0.2) is 0 Å². The van der Waals surface area contributed by atoms with E-state index >= 15 is 0 Å². The average Bonchev–Trinajstić information content (AvgIpc) is 3.19. The van der Waals surface area contributed by atoms with Crippen LogP contribution in [0.15, 0.2) is 43.0 Å². The summed E-state index contributed by atoms with van der Waals surface area (Å²) in [7, 11) is 0. The van der Waals surface area contributed by atoms with E-state index in [4.69, 9.17) is 0 Å². The first kappa shape index (κ1) is 15.2.